The molecule has 0 fully saturated rings. The molecule has 29 heavy (non-hydrogen) atoms. The summed E-state index contributed by atoms with van der Waals surface area (Å²) < 4.78 is 19.5. The van der Waals surface area contributed by atoms with Gasteiger partial charge in [-0.15, -0.1) is 0 Å². The number of carbonyl (C=O) groups excluding carboxylic acids is 2. The Morgan fingerprint density at radius 3 is 2.86 bits per heavy atom. The molecule has 0 saturated carbocycles. The molecule has 0 spiro atoms. The second kappa shape index (κ2) is 9.90. The van der Waals surface area contributed by atoms with Crippen LogP contribution in [-0.4, -0.2) is 47.3 Å². The van der Waals surface area contributed by atoms with Gasteiger partial charge in [-0.3, -0.25) is 15.0 Å². The molecule has 2 aliphatic rings. The first kappa shape index (κ1) is 22.2. The summed E-state index contributed by atoms with van der Waals surface area (Å²) in [6.45, 7) is 3.86. The highest BCUT2D eigenvalue weighted by molar-refractivity contribution is 6.05. The Balaban J connectivity index is 2.11. The predicted molar refractivity (Wildman–Crippen MR) is 106 cm³/mol. The molecule has 2 rings (SSSR count). The monoisotopic (exact) mass is 406 g/mol. The summed E-state index contributed by atoms with van der Waals surface area (Å²) in [6, 6.07) is -0.804. The number of halogens is 1. The first-order valence-electron chi connectivity index (χ1n) is 9.43. The number of ether oxygens (including phenoxy) is 1. The molecule has 158 valence electrons. The van der Waals surface area contributed by atoms with Crippen molar-refractivity contribution in [3.8, 4) is 0 Å². The van der Waals surface area contributed by atoms with Crippen molar-refractivity contribution in [2.45, 2.75) is 39.2 Å². The van der Waals surface area contributed by atoms with Gasteiger partial charge >= 0.3 is 0 Å². The minimum Gasteiger partial charge on any atom is -0.505 e. The zero-order valence-corrected chi connectivity index (χ0v) is 16.8. The van der Waals surface area contributed by atoms with Gasteiger partial charge in [0.15, 0.2) is 5.76 Å². The molecule has 0 unspecified atom stereocenters. The van der Waals surface area contributed by atoms with E-state index in [4.69, 9.17) is 10.1 Å². The highest BCUT2D eigenvalue weighted by Gasteiger charge is 2.35. The number of aliphatic hydroxyl groups is 1. The van der Waals surface area contributed by atoms with Crippen LogP contribution in [0.25, 0.3) is 0 Å². The van der Waals surface area contributed by atoms with E-state index in [2.05, 4.69) is 10.6 Å². The van der Waals surface area contributed by atoms with Crippen molar-refractivity contribution < 1.29 is 23.8 Å². The first-order chi connectivity index (χ1) is 13.7. The van der Waals surface area contributed by atoms with Crippen LogP contribution in [0.3, 0.4) is 0 Å². The molecule has 4 N–H and O–H groups in total. The quantitative estimate of drug-likeness (QED) is 0.365. The number of amidine groups is 1. The zero-order chi connectivity index (χ0) is 21.6. The molecule has 0 aromatic carbocycles. The SMILES string of the molecule is CN/C=C\C(=N)NC(=O)[C@H](CC(C)C)N1CC(OC2=C(F)C(O)=CCC2)=CC1=O. The fraction of sp³-hybridized carbons (Fsp3) is 0.450. The van der Waals surface area contributed by atoms with E-state index in [0.29, 0.717) is 12.8 Å². The number of hydrogen-bond acceptors (Lipinski definition) is 6. The molecule has 8 nitrogen and oxygen atoms in total. The van der Waals surface area contributed by atoms with Gasteiger partial charge in [0.05, 0.1) is 6.54 Å². The van der Waals surface area contributed by atoms with Gasteiger partial charge in [0.2, 0.25) is 11.7 Å². The van der Waals surface area contributed by atoms with Gasteiger partial charge in [-0.2, -0.15) is 4.39 Å². The van der Waals surface area contributed by atoms with Gasteiger partial charge in [0, 0.05) is 19.5 Å². The van der Waals surface area contributed by atoms with Gasteiger partial charge in [-0.25, -0.2) is 0 Å². The Morgan fingerprint density at radius 1 is 1.48 bits per heavy atom. The van der Waals surface area contributed by atoms with E-state index >= 15 is 0 Å². The highest BCUT2D eigenvalue weighted by Crippen LogP contribution is 2.29. The van der Waals surface area contributed by atoms with E-state index in [0.717, 1.165) is 0 Å². The Labute approximate surface area is 169 Å². The summed E-state index contributed by atoms with van der Waals surface area (Å²) in [6.07, 6.45) is 6.58. The number of nitrogens with one attached hydrogen (secondary N) is 3. The number of rotatable bonds is 8. The number of nitrogens with zero attached hydrogens (tertiary/aromatic N) is 1. The third-order valence-electron chi connectivity index (χ3n) is 4.37. The Hall–Kier alpha value is -3.10. The number of aliphatic hydroxyl groups excluding tert-OH is 1. The van der Waals surface area contributed by atoms with Gasteiger partial charge in [0.25, 0.3) is 5.91 Å². The van der Waals surface area contributed by atoms with Crippen LogP contribution >= 0.6 is 0 Å². The highest BCUT2D eigenvalue weighted by atomic mass is 19.1. The lowest BCUT2D eigenvalue weighted by molar-refractivity contribution is -0.135. The van der Waals surface area contributed by atoms with E-state index in [-0.39, 0.29) is 36.2 Å². The molecule has 1 aliphatic heterocycles. The van der Waals surface area contributed by atoms with Crippen molar-refractivity contribution in [1.82, 2.24) is 15.5 Å². The van der Waals surface area contributed by atoms with Crippen molar-refractivity contribution in [2.24, 2.45) is 5.92 Å². The molecular formula is C20H27FN4O4. The Bertz CT molecular complexity index is 798. The van der Waals surface area contributed by atoms with Crippen molar-refractivity contribution in [3.63, 3.8) is 0 Å². The van der Waals surface area contributed by atoms with Crippen LogP contribution in [-0.2, 0) is 14.3 Å². The van der Waals surface area contributed by atoms with Crippen LogP contribution in [0, 0.1) is 11.3 Å². The summed E-state index contributed by atoms with van der Waals surface area (Å²) in [4.78, 5) is 26.5. The summed E-state index contributed by atoms with van der Waals surface area (Å²) >= 11 is 0. The lowest BCUT2D eigenvalue weighted by Crippen LogP contribution is -2.49. The zero-order valence-electron chi connectivity index (χ0n) is 16.8. The summed E-state index contributed by atoms with van der Waals surface area (Å²) in [5, 5.41) is 22.5. The molecule has 0 saturated heterocycles. The molecule has 0 radical (unpaired) electrons. The maximum atomic E-state index is 14.0. The minimum absolute atomic E-state index is 0.00455. The topological polar surface area (TPSA) is 115 Å². The second-order valence-electron chi connectivity index (χ2n) is 7.21. The lowest BCUT2D eigenvalue weighted by atomic mass is 10.0. The molecule has 0 aromatic rings. The standard InChI is InChI=1S/C20H27FN4O4/c1-12(2)9-14(20(28)24-17(22)7-8-23-3)25-11-13(10-18(25)27)29-16-6-4-5-15(26)19(16)21/h5,7-8,10,12,14,23,26H,4,6,9,11H2,1-3H3,(H2,22,24,28)/b8-7-/t14-/m0/s1. The molecule has 1 aliphatic carbocycles. The van der Waals surface area contributed by atoms with Gasteiger partial charge in [0.1, 0.15) is 23.4 Å². The molecule has 0 aromatic heterocycles. The van der Waals surface area contributed by atoms with Crippen molar-refractivity contribution in [3.05, 3.63) is 47.5 Å². The molecule has 1 atom stereocenters. The lowest BCUT2D eigenvalue weighted by Gasteiger charge is -2.28. The van der Waals surface area contributed by atoms with E-state index in [9.17, 15) is 19.1 Å². The van der Waals surface area contributed by atoms with Gasteiger partial charge < -0.3 is 25.4 Å². The normalized spacial score (nSPS) is 18.1. The average molecular weight is 406 g/mol. The maximum Gasteiger partial charge on any atom is 0.251 e. The maximum absolute atomic E-state index is 14.0. The number of carbonyl (C=O) groups is 2. The summed E-state index contributed by atoms with van der Waals surface area (Å²) in [7, 11) is 1.67. The van der Waals surface area contributed by atoms with E-state index in [1.54, 1.807) is 7.05 Å². The largest absolute Gasteiger partial charge is 0.505 e. The number of hydrogen-bond donors (Lipinski definition) is 4. The fourth-order valence-corrected chi connectivity index (χ4v) is 3.02. The van der Waals surface area contributed by atoms with Crippen molar-refractivity contribution >= 4 is 17.6 Å². The van der Waals surface area contributed by atoms with Gasteiger partial charge in [-0.05, 0) is 37.1 Å². The third-order valence-corrected chi connectivity index (χ3v) is 4.37. The molecule has 2 amide bonds. The van der Waals surface area contributed by atoms with Crippen molar-refractivity contribution in [1.29, 1.82) is 5.41 Å². The Morgan fingerprint density at radius 2 is 2.21 bits per heavy atom. The summed E-state index contributed by atoms with van der Waals surface area (Å²) in [5.74, 6) is -2.03. The first-order valence-corrected chi connectivity index (χ1v) is 9.43. The predicted octanol–water partition coefficient (Wildman–Crippen LogP) is 2.39. The molecule has 1 heterocycles. The van der Waals surface area contributed by atoms with Crippen LogP contribution < -0.4 is 10.6 Å². The smallest absolute Gasteiger partial charge is 0.251 e. The van der Waals surface area contributed by atoms with Crippen LogP contribution in [0.1, 0.15) is 33.1 Å². The van der Waals surface area contributed by atoms with Crippen LogP contribution in [0.4, 0.5) is 4.39 Å². The Kier molecular flexibility index (Phi) is 7.58. The van der Waals surface area contributed by atoms with Crippen LogP contribution in [0.15, 0.2) is 47.5 Å². The molecular weight excluding hydrogens is 379 g/mol. The number of amides is 2. The van der Waals surface area contributed by atoms with Crippen LogP contribution in [0.2, 0.25) is 0 Å². The molecule has 9 heteroatoms. The van der Waals surface area contributed by atoms with Crippen molar-refractivity contribution in [2.75, 3.05) is 13.6 Å². The van der Waals surface area contributed by atoms with Gasteiger partial charge in [-0.1, -0.05) is 13.8 Å². The van der Waals surface area contributed by atoms with Crippen LogP contribution in [0.5, 0.6) is 0 Å². The molecule has 0 bridgehead atoms. The number of allylic oxidation sites excluding steroid dienone is 3. The van der Waals surface area contributed by atoms with E-state index in [1.807, 2.05) is 13.8 Å². The third kappa shape index (κ3) is 5.94. The average Bonchev–Trinajstić information content (AvgIpc) is 3.01. The van der Waals surface area contributed by atoms with E-state index < -0.39 is 29.4 Å². The minimum atomic E-state index is -0.843. The summed E-state index contributed by atoms with van der Waals surface area (Å²) in [5.41, 5.74) is 0. The fourth-order valence-electron chi connectivity index (χ4n) is 3.02. The second-order valence-corrected chi connectivity index (χ2v) is 7.21. The van der Waals surface area contributed by atoms with E-state index in [1.165, 1.54) is 29.3 Å².